The molecule has 11 heteroatoms. The number of aromatic nitrogens is 2. The molecule has 4 N–H and O–H groups in total. The van der Waals surface area contributed by atoms with Crippen LogP contribution in [0.3, 0.4) is 0 Å². The third-order valence-corrected chi connectivity index (χ3v) is 6.21. The summed E-state index contributed by atoms with van der Waals surface area (Å²) in [5.41, 5.74) is 4.39. The van der Waals surface area contributed by atoms with Crippen LogP contribution in [0.4, 0.5) is 4.79 Å². The first-order chi connectivity index (χ1) is 14.3. The highest BCUT2D eigenvalue weighted by molar-refractivity contribution is 7.90. The number of piperidine rings is 1. The number of hydrogen-bond donors (Lipinski definition) is 4. The van der Waals surface area contributed by atoms with Gasteiger partial charge < -0.3 is 10.3 Å². The topological polar surface area (TPSA) is 136 Å². The van der Waals surface area contributed by atoms with Crippen LogP contribution in [0.15, 0.2) is 41.7 Å². The molecule has 1 saturated heterocycles. The van der Waals surface area contributed by atoms with Gasteiger partial charge in [0, 0.05) is 37.9 Å². The molecule has 0 saturated carbocycles. The number of urea groups is 1. The maximum atomic E-state index is 12.4. The second-order valence-corrected chi connectivity index (χ2v) is 8.94. The molecule has 1 aliphatic rings. The zero-order valence-electron chi connectivity index (χ0n) is 16.7. The molecule has 3 rings (SSSR count). The quantitative estimate of drug-likeness (QED) is 0.506. The minimum absolute atomic E-state index is 0.0106. The number of hydrogen-bond acceptors (Lipinski definition) is 6. The summed E-state index contributed by atoms with van der Waals surface area (Å²) >= 11 is 0. The van der Waals surface area contributed by atoms with Gasteiger partial charge >= 0.3 is 6.03 Å². The van der Waals surface area contributed by atoms with Crippen molar-refractivity contribution in [2.45, 2.75) is 31.1 Å². The van der Waals surface area contributed by atoms with Gasteiger partial charge in [0.25, 0.3) is 10.0 Å². The maximum Gasteiger partial charge on any atom is 0.343 e. The van der Waals surface area contributed by atoms with E-state index >= 15 is 0 Å². The number of nitrogens with zero attached hydrogens (tertiary/aromatic N) is 2. The van der Waals surface area contributed by atoms with Crippen LogP contribution in [0.5, 0.6) is 0 Å². The van der Waals surface area contributed by atoms with Crippen molar-refractivity contribution in [3.63, 3.8) is 0 Å². The number of hydrazine groups is 1. The van der Waals surface area contributed by atoms with Gasteiger partial charge in [-0.1, -0.05) is 17.7 Å². The fraction of sp³-hybridized carbons (Fsp3) is 0.421. The van der Waals surface area contributed by atoms with E-state index in [4.69, 9.17) is 0 Å². The second kappa shape index (κ2) is 9.72. The summed E-state index contributed by atoms with van der Waals surface area (Å²) in [6.45, 7) is 3.18. The molecular formula is C19H26N6O4S. The largest absolute Gasteiger partial charge is 0.355 e. The molecule has 2 heterocycles. The third-order valence-electron chi connectivity index (χ3n) is 4.86. The van der Waals surface area contributed by atoms with Crippen molar-refractivity contribution in [2.24, 2.45) is 5.92 Å². The Balaban J connectivity index is 1.47. The normalized spacial score (nSPS) is 17.3. The number of benzene rings is 1. The summed E-state index contributed by atoms with van der Waals surface area (Å²) < 4.78 is 26.6. The zero-order valence-corrected chi connectivity index (χ0v) is 17.5. The molecule has 0 spiro atoms. The highest BCUT2D eigenvalue weighted by atomic mass is 32.2. The van der Waals surface area contributed by atoms with Crippen molar-refractivity contribution in [3.8, 4) is 0 Å². The molecule has 0 bridgehead atoms. The highest BCUT2D eigenvalue weighted by Gasteiger charge is 2.27. The van der Waals surface area contributed by atoms with Gasteiger partial charge in [-0.15, -0.1) is 0 Å². The number of rotatable bonds is 7. The summed E-state index contributed by atoms with van der Waals surface area (Å²) in [4.78, 5) is 31.5. The lowest BCUT2D eigenvalue weighted by molar-refractivity contribution is -0.127. The van der Waals surface area contributed by atoms with E-state index in [0.717, 1.165) is 11.3 Å². The third kappa shape index (κ3) is 6.04. The molecule has 3 amide bonds. The Hall–Kier alpha value is -2.92. The van der Waals surface area contributed by atoms with Crippen LogP contribution in [-0.2, 0) is 21.2 Å². The van der Waals surface area contributed by atoms with Gasteiger partial charge in [0.2, 0.25) is 5.91 Å². The Labute approximate surface area is 175 Å². The molecule has 0 radical (unpaired) electrons. The summed E-state index contributed by atoms with van der Waals surface area (Å²) in [5, 5.41) is 4.46. The van der Waals surface area contributed by atoms with Crippen LogP contribution < -0.4 is 15.5 Å². The Kier molecular flexibility index (Phi) is 7.06. The molecule has 1 fully saturated rings. The van der Waals surface area contributed by atoms with E-state index in [0.29, 0.717) is 38.9 Å². The van der Waals surface area contributed by atoms with E-state index in [1.165, 1.54) is 12.1 Å². The smallest absolute Gasteiger partial charge is 0.343 e. The number of amides is 3. The molecule has 0 unspecified atom stereocenters. The molecular weight excluding hydrogens is 408 g/mol. The van der Waals surface area contributed by atoms with Gasteiger partial charge in [-0.3, -0.25) is 10.2 Å². The van der Waals surface area contributed by atoms with Crippen molar-refractivity contribution >= 4 is 22.0 Å². The van der Waals surface area contributed by atoms with Crippen molar-refractivity contribution in [3.05, 3.63) is 48.0 Å². The second-order valence-electron chi connectivity index (χ2n) is 7.26. The minimum Gasteiger partial charge on any atom is -0.355 e. The molecule has 1 aromatic carbocycles. The predicted octanol–water partition coefficient (Wildman–Crippen LogP) is 0.692. The lowest BCUT2D eigenvalue weighted by atomic mass is 9.98. The van der Waals surface area contributed by atoms with Crippen molar-refractivity contribution < 1.29 is 18.0 Å². The first-order valence-electron chi connectivity index (χ1n) is 9.73. The Bertz CT molecular complexity index is 959. The lowest BCUT2D eigenvalue weighted by Crippen LogP contribution is -2.54. The molecule has 0 aliphatic carbocycles. The molecule has 30 heavy (non-hydrogen) atoms. The van der Waals surface area contributed by atoms with Crippen LogP contribution in [0.2, 0.25) is 0 Å². The minimum atomic E-state index is -3.97. The Morgan fingerprint density at radius 1 is 1.27 bits per heavy atom. The number of sulfonamides is 1. The summed E-state index contributed by atoms with van der Waals surface area (Å²) in [7, 11) is -3.97. The number of nitrogens with one attached hydrogen (secondary N) is 4. The van der Waals surface area contributed by atoms with Crippen LogP contribution in [-0.4, -0.2) is 55.0 Å². The van der Waals surface area contributed by atoms with E-state index in [1.54, 1.807) is 29.7 Å². The van der Waals surface area contributed by atoms with Gasteiger partial charge in [-0.25, -0.2) is 27.9 Å². The molecule has 162 valence electrons. The number of carbonyl (C=O) groups is 2. The van der Waals surface area contributed by atoms with Crippen LogP contribution >= 0.6 is 0 Å². The zero-order chi connectivity index (χ0) is 21.6. The highest BCUT2D eigenvalue weighted by Crippen LogP contribution is 2.15. The van der Waals surface area contributed by atoms with Gasteiger partial charge in [-0.2, -0.15) is 0 Å². The monoisotopic (exact) mass is 434 g/mol. The number of aromatic amines is 1. The number of aryl methyl sites for hydroxylation is 1. The average molecular weight is 435 g/mol. The maximum absolute atomic E-state index is 12.4. The van der Waals surface area contributed by atoms with Gasteiger partial charge in [0.15, 0.2) is 0 Å². The SMILES string of the molecule is Cc1ccc(S(=O)(=O)NC(=O)NN2CCC[C@@H](C(=O)NCCc3cnc[nH]3)C2)cc1. The average Bonchev–Trinajstić information content (AvgIpc) is 3.21. The van der Waals surface area contributed by atoms with Gasteiger partial charge in [-0.05, 0) is 31.9 Å². The Morgan fingerprint density at radius 3 is 2.73 bits per heavy atom. The van der Waals surface area contributed by atoms with Crippen LogP contribution in [0.1, 0.15) is 24.1 Å². The predicted molar refractivity (Wildman–Crippen MR) is 110 cm³/mol. The fourth-order valence-corrected chi connectivity index (χ4v) is 4.15. The van der Waals surface area contributed by atoms with E-state index in [-0.39, 0.29) is 16.7 Å². The molecule has 1 aliphatic heterocycles. The van der Waals surface area contributed by atoms with E-state index in [2.05, 4.69) is 20.7 Å². The molecule has 2 aromatic rings. The molecule has 10 nitrogen and oxygen atoms in total. The van der Waals surface area contributed by atoms with Crippen LogP contribution in [0.25, 0.3) is 0 Å². The van der Waals surface area contributed by atoms with Gasteiger partial charge in [0.05, 0.1) is 17.1 Å². The van der Waals surface area contributed by atoms with Gasteiger partial charge in [0.1, 0.15) is 0 Å². The number of carbonyl (C=O) groups excluding carboxylic acids is 2. The van der Waals surface area contributed by atoms with E-state index in [9.17, 15) is 18.0 Å². The first kappa shape index (κ1) is 21.8. The summed E-state index contributed by atoms with van der Waals surface area (Å²) in [5.74, 6) is -0.372. The summed E-state index contributed by atoms with van der Waals surface area (Å²) in [6, 6.07) is 5.35. The molecule has 1 aromatic heterocycles. The fourth-order valence-electron chi connectivity index (χ4n) is 3.24. The summed E-state index contributed by atoms with van der Waals surface area (Å²) in [6.07, 6.45) is 5.37. The standard InChI is InChI=1S/C19H26N6O4S/c1-14-4-6-17(7-5-14)30(28,29)24-19(27)23-25-10-2-3-15(12-25)18(26)21-9-8-16-11-20-13-22-16/h4-7,11,13,15H,2-3,8-10,12H2,1H3,(H,20,22)(H,21,26)(H2,23,24,27)/t15-/m1/s1. The Morgan fingerprint density at radius 2 is 2.03 bits per heavy atom. The lowest BCUT2D eigenvalue weighted by Gasteiger charge is -2.31. The first-order valence-corrected chi connectivity index (χ1v) is 11.2. The van der Waals surface area contributed by atoms with Crippen molar-refractivity contribution in [1.29, 1.82) is 0 Å². The van der Waals surface area contributed by atoms with Crippen molar-refractivity contribution in [1.82, 2.24) is 30.4 Å². The van der Waals surface area contributed by atoms with E-state index in [1.807, 2.05) is 11.6 Å². The van der Waals surface area contributed by atoms with E-state index < -0.39 is 16.1 Å². The number of imidazole rings is 1. The van der Waals surface area contributed by atoms with Crippen molar-refractivity contribution in [2.75, 3.05) is 19.6 Å². The number of H-pyrrole nitrogens is 1. The molecule has 1 atom stereocenters. The van der Waals surface area contributed by atoms with Crippen LogP contribution in [0, 0.1) is 12.8 Å².